The minimum atomic E-state index is -0.0734. The molecule has 3 nitrogen and oxygen atoms in total. The van der Waals surface area contributed by atoms with E-state index >= 15 is 0 Å². The monoisotopic (exact) mass is 842 g/mol. The molecule has 3 aliphatic rings. The fraction of sp³-hybridized carbons (Fsp3) is 0.345. The van der Waals surface area contributed by atoms with Crippen LogP contribution >= 0.6 is 11.3 Å². The van der Waals surface area contributed by atoms with Crippen LogP contribution in [0.3, 0.4) is 0 Å². The molecule has 316 valence electrons. The summed E-state index contributed by atoms with van der Waals surface area (Å²) in [6.45, 7) is 30.8. The van der Waals surface area contributed by atoms with E-state index in [9.17, 15) is 0 Å². The van der Waals surface area contributed by atoms with Crippen molar-refractivity contribution < 1.29 is 4.42 Å². The highest BCUT2D eigenvalue weighted by atomic mass is 32.1. The van der Waals surface area contributed by atoms with E-state index in [4.69, 9.17) is 4.42 Å². The zero-order valence-electron chi connectivity index (χ0n) is 39.4. The molecule has 0 amide bonds. The van der Waals surface area contributed by atoms with Gasteiger partial charge in [0.15, 0.2) is 0 Å². The van der Waals surface area contributed by atoms with Gasteiger partial charge in [0, 0.05) is 48.0 Å². The van der Waals surface area contributed by atoms with Crippen LogP contribution in [0.2, 0.25) is 0 Å². The number of fused-ring (bicyclic) bond motifs is 16. The molecule has 0 N–H and O–H groups in total. The molecule has 3 aromatic heterocycles. The maximum atomic E-state index is 7.29. The average Bonchev–Trinajstić information content (AvgIpc) is 3.90. The van der Waals surface area contributed by atoms with Crippen LogP contribution in [0.4, 0.5) is 11.4 Å². The summed E-state index contributed by atoms with van der Waals surface area (Å²) in [6.07, 6.45) is 2.32. The first-order chi connectivity index (χ1) is 29.6. The third-order valence-electron chi connectivity index (χ3n) is 15.5. The lowest BCUT2D eigenvalue weighted by Gasteiger charge is -2.46. The highest BCUT2D eigenvalue weighted by Gasteiger charge is 2.49. The first kappa shape index (κ1) is 39.3. The van der Waals surface area contributed by atoms with Crippen LogP contribution in [0, 0.1) is 0 Å². The number of thiophene rings is 1. The Kier molecular flexibility index (Phi) is 7.68. The summed E-state index contributed by atoms with van der Waals surface area (Å²) >= 11 is 2.00. The Morgan fingerprint density at radius 1 is 0.619 bits per heavy atom. The Balaban J connectivity index is 1.35. The molecule has 0 bridgehead atoms. The summed E-state index contributed by atoms with van der Waals surface area (Å²) in [5, 5.41) is 6.27. The highest BCUT2D eigenvalue weighted by Crippen LogP contribution is 2.56. The van der Waals surface area contributed by atoms with Crippen LogP contribution in [0.15, 0.2) is 101 Å². The van der Waals surface area contributed by atoms with E-state index < -0.39 is 0 Å². The number of furan rings is 1. The SMILES string of the molecule is CC(C)(C)c1ccc(N2B3c4sc5ccc(C(C)(C)C)cc5c4-n4c5ccc(C(C)(C)C)cc5c5c6oc7ccccc7c6c(c3c54)-c3cc4c(cc32)C(C)(C)CCC4(C)C)cc1. The minimum absolute atomic E-state index is 0.00314. The Bertz CT molecular complexity index is 3460. The lowest BCUT2D eigenvalue weighted by molar-refractivity contribution is 0.332. The zero-order chi connectivity index (χ0) is 44.1. The van der Waals surface area contributed by atoms with Gasteiger partial charge in [-0.15, -0.1) is 11.3 Å². The van der Waals surface area contributed by atoms with Gasteiger partial charge < -0.3 is 13.8 Å². The number of para-hydroxylation sites is 1. The Morgan fingerprint density at radius 2 is 1.22 bits per heavy atom. The van der Waals surface area contributed by atoms with Gasteiger partial charge in [-0.2, -0.15) is 0 Å². The van der Waals surface area contributed by atoms with Gasteiger partial charge in [-0.3, -0.25) is 0 Å². The van der Waals surface area contributed by atoms with Crippen molar-refractivity contribution in [2.45, 2.75) is 130 Å². The standard InChI is InChI=1S/C58H59BN2OS/c1-54(2,3)32-18-22-35(23-19-32)61-43-31-41-40(57(10,11)26-27-58(41,12)13)30-38(43)46-47-36-16-14-15-17-44(36)62-52(47)48-37-28-33(55(4,5)6)20-24-42(37)60-50-39-29-34(56(7,8)9)21-25-45(39)63-53(50)59(61)49(46)51(48)60/h14-25,28-31H,26-27H2,1-13H3. The minimum Gasteiger partial charge on any atom is -0.455 e. The molecule has 63 heavy (non-hydrogen) atoms. The van der Waals surface area contributed by atoms with Crippen molar-refractivity contribution in [1.29, 1.82) is 0 Å². The van der Waals surface area contributed by atoms with Crippen molar-refractivity contribution in [3.63, 3.8) is 0 Å². The number of nitrogens with zero attached hydrogens (tertiary/aromatic N) is 2. The molecule has 0 atom stereocenters. The molecule has 0 unspecified atom stereocenters. The molecular weight excluding hydrogens is 784 g/mol. The maximum Gasteiger partial charge on any atom is 0.343 e. The maximum absolute atomic E-state index is 7.29. The van der Waals surface area contributed by atoms with Crippen LogP contribution in [0.25, 0.3) is 70.6 Å². The molecule has 0 saturated carbocycles. The van der Waals surface area contributed by atoms with E-state index in [2.05, 4.69) is 196 Å². The quantitative estimate of drug-likeness (QED) is 0.154. The molecule has 9 aromatic rings. The van der Waals surface area contributed by atoms with E-state index in [1.54, 1.807) is 0 Å². The number of hydrogen-bond acceptors (Lipinski definition) is 3. The average molecular weight is 843 g/mol. The van der Waals surface area contributed by atoms with Gasteiger partial charge in [-0.25, -0.2) is 0 Å². The van der Waals surface area contributed by atoms with Gasteiger partial charge >= 0.3 is 6.85 Å². The molecule has 0 saturated heterocycles. The lowest BCUT2D eigenvalue weighted by Crippen LogP contribution is -2.59. The third kappa shape index (κ3) is 5.32. The first-order valence-electron chi connectivity index (χ1n) is 23.3. The van der Waals surface area contributed by atoms with Gasteiger partial charge in [0.2, 0.25) is 0 Å². The number of anilines is 2. The van der Waals surface area contributed by atoms with Crippen molar-refractivity contribution in [3.05, 3.63) is 125 Å². The van der Waals surface area contributed by atoms with Gasteiger partial charge in [-0.1, -0.05) is 132 Å². The number of hydrogen-bond donors (Lipinski definition) is 0. The van der Waals surface area contributed by atoms with Crippen molar-refractivity contribution in [2.24, 2.45) is 0 Å². The fourth-order valence-corrected chi connectivity index (χ4v) is 12.9. The number of benzene rings is 6. The summed E-state index contributed by atoms with van der Waals surface area (Å²) in [7, 11) is 0. The fourth-order valence-electron chi connectivity index (χ4n) is 11.7. The lowest BCUT2D eigenvalue weighted by atomic mass is 9.46. The summed E-state index contributed by atoms with van der Waals surface area (Å²) < 4.78 is 12.7. The molecule has 5 heteroatoms. The molecule has 0 spiro atoms. The highest BCUT2D eigenvalue weighted by molar-refractivity contribution is 7.32. The van der Waals surface area contributed by atoms with Crippen LogP contribution in [-0.4, -0.2) is 11.4 Å². The van der Waals surface area contributed by atoms with Crippen molar-refractivity contribution >= 4 is 93.6 Å². The Morgan fingerprint density at radius 3 is 1.89 bits per heavy atom. The topological polar surface area (TPSA) is 21.3 Å². The van der Waals surface area contributed by atoms with Gasteiger partial charge in [0.05, 0.1) is 22.1 Å². The third-order valence-corrected chi connectivity index (χ3v) is 16.7. The van der Waals surface area contributed by atoms with Crippen LogP contribution in [0.5, 0.6) is 0 Å². The summed E-state index contributed by atoms with van der Waals surface area (Å²) in [5.41, 5.74) is 19.5. The van der Waals surface area contributed by atoms with Crippen LogP contribution in [-0.2, 0) is 27.1 Å². The zero-order valence-corrected chi connectivity index (χ0v) is 40.3. The smallest absolute Gasteiger partial charge is 0.343 e. The van der Waals surface area contributed by atoms with Crippen molar-refractivity contribution in [3.8, 4) is 16.8 Å². The normalized spacial score (nSPS) is 16.7. The van der Waals surface area contributed by atoms with E-state index in [1.807, 2.05) is 11.3 Å². The second-order valence-corrected chi connectivity index (χ2v) is 24.7. The molecule has 6 aromatic carbocycles. The summed E-state index contributed by atoms with van der Waals surface area (Å²) in [5.74, 6) is 0. The molecule has 1 aliphatic carbocycles. The van der Waals surface area contributed by atoms with Crippen molar-refractivity contribution in [1.82, 2.24) is 4.57 Å². The first-order valence-corrected chi connectivity index (χ1v) is 24.1. The second kappa shape index (κ2) is 12.3. The molecule has 0 radical (unpaired) electrons. The Hall–Kier alpha value is -5.26. The van der Waals surface area contributed by atoms with Gasteiger partial charge in [0.25, 0.3) is 0 Å². The summed E-state index contributed by atoms with van der Waals surface area (Å²) in [4.78, 5) is 2.76. The molecular formula is C58H59BN2OS. The van der Waals surface area contributed by atoms with E-state index in [-0.39, 0.29) is 33.9 Å². The van der Waals surface area contributed by atoms with E-state index in [1.165, 1.54) is 109 Å². The molecule has 2 aliphatic heterocycles. The van der Waals surface area contributed by atoms with E-state index in [0.717, 1.165) is 24.0 Å². The van der Waals surface area contributed by atoms with Crippen LogP contribution in [0.1, 0.15) is 131 Å². The Labute approximate surface area is 377 Å². The number of rotatable bonds is 1. The predicted octanol–water partition coefficient (Wildman–Crippen LogP) is 15.4. The van der Waals surface area contributed by atoms with Crippen molar-refractivity contribution in [2.75, 3.05) is 4.81 Å². The molecule has 5 heterocycles. The van der Waals surface area contributed by atoms with Gasteiger partial charge in [-0.05, 0) is 133 Å². The predicted molar refractivity (Wildman–Crippen MR) is 274 cm³/mol. The van der Waals surface area contributed by atoms with E-state index in [0.29, 0.717) is 0 Å². The largest absolute Gasteiger partial charge is 0.455 e. The molecule has 12 rings (SSSR count). The van der Waals surface area contributed by atoms with Gasteiger partial charge in [0.1, 0.15) is 11.2 Å². The number of aromatic nitrogens is 1. The second-order valence-electron chi connectivity index (χ2n) is 23.7. The van der Waals surface area contributed by atoms with Crippen LogP contribution < -0.4 is 15.1 Å². The summed E-state index contributed by atoms with van der Waals surface area (Å²) in [6, 6.07) is 38.2. The molecule has 0 fully saturated rings.